The van der Waals surface area contributed by atoms with Crippen LogP contribution < -0.4 is 17.0 Å². The number of tetrazole rings is 1. The number of carbonyl (C=O) groups excluding carboxylic acids is 2. The van der Waals surface area contributed by atoms with Gasteiger partial charge in [0.2, 0.25) is 5.78 Å². The van der Waals surface area contributed by atoms with Crippen LogP contribution in [-0.4, -0.2) is 47.7 Å². The van der Waals surface area contributed by atoms with E-state index in [1.54, 1.807) is 36.4 Å². The van der Waals surface area contributed by atoms with E-state index >= 15 is 0 Å². The molecule has 2 N–H and O–H groups in total. The number of nitrogens with two attached hydrogens (primary N) is 1. The average molecular weight is 477 g/mol. The maximum absolute atomic E-state index is 13.1. The molecule has 3 aromatic heterocycles. The summed E-state index contributed by atoms with van der Waals surface area (Å²) >= 11 is 0. The second kappa shape index (κ2) is 9.43. The molecule has 0 spiro atoms. The number of esters is 1. The van der Waals surface area contributed by atoms with Gasteiger partial charge in [0.1, 0.15) is 17.1 Å². The van der Waals surface area contributed by atoms with Crippen molar-refractivity contribution in [1.82, 2.24) is 29.3 Å². The summed E-state index contributed by atoms with van der Waals surface area (Å²) in [5.41, 5.74) is 4.21. The van der Waals surface area contributed by atoms with Crippen molar-refractivity contribution in [3.8, 4) is 11.4 Å². The number of nitrogens with zero attached hydrogens (tertiary/aromatic N) is 6. The Balaban J connectivity index is 1.66. The van der Waals surface area contributed by atoms with Gasteiger partial charge in [0.05, 0.1) is 6.26 Å². The van der Waals surface area contributed by atoms with Crippen molar-refractivity contribution >= 4 is 29.3 Å². The zero-order valence-corrected chi connectivity index (χ0v) is 18.6. The fourth-order valence-electron chi connectivity index (χ4n) is 3.23. The normalized spacial score (nSPS) is 11.4. The number of benzene rings is 1. The van der Waals surface area contributed by atoms with Crippen molar-refractivity contribution in [3.05, 3.63) is 80.9 Å². The van der Waals surface area contributed by atoms with E-state index in [1.165, 1.54) is 26.4 Å². The van der Waals surface area contributed by atoms with Crippen LogP contribution in [0.15, 0.2) is 62.7 Å². The van der Waals surface area contributed by atoms with Gasteiger partial charge in [0.15, 0.2) is 18.1 Å². The van der Waals surface area contributed by atoms with Gasteiger partial charge in [-0.25, -0.2) is 9.59 Å². The standard InChI is InChI=1S/C22H19N7O6/c1-27-18(23)17(20(31)28(2)22(27)33)16(30)12-35-21(32)15(11-14-9-6-10-34-14)29-19(24-25-26-29)13-7-4-3-5-8-13/h3-11H,12,23H2,1-2H3/b15-11-. The van der Waals surface area contributed by atoms with E-state index in [4.69, 9.17) is 14.9 Å². The number of aromatic nitrogens is 6. The molecule has 0 aliphatic heterocycles. The van der Waals surface area contributed by atoms with Crippen molar-refractivity contribution in [2.45, 2.75) is 0 Å². The third-order valence-corrected chi connectivity index (χ3v) is 5.08. The molecule has 35 heavy (non-hydrogen) atoms. The lowest BCUT2D eigenvalue weighted by atomic mass is 10.2. The number of ketones is 1. The summed E-state index contributed by atoms with van der Waals surface area (Å²) in [5.74, 6) is -1.65. The van der Waals surface area contributed by atoms with Gasteiger partial charge in [-0.3, -0.25) is 18.7 Å². The Morgan fingerprint density at radius 2 is 1.83 bits per heavy atom. The highest BCUT2D eigenvalue weighted by molar-refractivity contribution is 6.16. The molecule has 0 fully saturated rings. The quantitative estimate of drug-likeness (QED) is 0.222. The summed E-state index contributed by atoms with van der Waals surface area (Å²) in [6.45, 7) is -0.825. The predicted octanol–water partition coefficient (Wildman–Crippen LogP) is 0.337. The lowest BCUT2D eigenvalue weighted by molar-refractivity contribution is -0.136. The second-order valence-corrected chi connectivity index (χ2v) is 7.29. The summed E-state index contributed by atoms with van der Waals surface area (Å²) in [5, 5.41) is 11.5. The Labute approximate surface area is 196 Å². The molecule has 13 nitrogen and oxygen atoms in total. The van der Waals surface area contributed by atoms with E-state index in [0.29, 0.717) is 11.3 Å². The molecule has 0 unspecified atom stereocenters. The number of anilines is 1. The van der Waals surface area contributed by atoms with Crippen molar-refractivity contribution < 1.29 is 18.7 Å². The molecule has 0 bridgehead atoms. The van der Waals surface area contributed by atoms with Gasteiger partial charge in [-0.05, 0) is 22.6 Å². The van der Waals surface area contributed by atoms with Crippen LogP contribution in [0.1, 0.15) is 16.1 Å². The highest BCUT2D eigenvalue weighted by atomic mass is 16.5. The van der Waals surface area contributed by atoms with Crippen LogP contribution in [0.3, 0.4) is 0 Å². The molecular formula is C22H19N7O6. The highest BCUT2D eigenvalue weighted by Crippen LogP contribution is 2.21. The smallest absolute Gasteiger partial charge is 0.357 e. The highest BCUT2D eigenvalue weighted by Gasteiger charge is 2.25. The Kier molecular flexibility index (Phi) is 6.22. The van der Waals surface area contributed by atoms with E-state index in [-0.39, 0.29) is 17.3 Å². The molecule has 4 aromatic rings. The van der Waals surface area contributed by atoms with Crippen LogP contribution in [0.2, 0.25) is 0 Å². The molecule has 13 heteroatoms. The minimum absolute atomic E-state index is 0.155. The molecule has 0 saturated carbocycles. The number of ether oxygens (including phenoxy) is 1. The number of Topliss-reactive ketones (excluding diaryl/α,β-unsaturated/α-hetero) is 1. The van der Waals surface area contributed by atoms with E-state index in [0.717, 1.165) is 13.8 Å². The van der Waals surface area contributed by atoms with Crippen molar-refractivity contribution in [1.29, 1.82) is 0 Å². The minimum atomic E-state index is -0.973. The van der Waals surface area contributed by atoms with E-state index in [1.807, 2.05) is 6.07 Å². The van der Waals surface area contributed by atoms with Crippen molar-refractivity contribution in [2.75, 3.05) is 12.3 Å². The van der Waals surface area contributed by atoms with Crippen LogP contribution in [0, 0.1) is 0 Å². The minimum Gasteiger partial charge on any atom is -0.465 e. The zero-order valence-electron chi connectivity index (χ0n) is 18.6. The predicted molar refractivity (Wildman–Crippen MR) is 123 cm³/mol. The lowest BCUT2D eigenvalue weighted by Crippen LogP contribution is -2.42. The molecule has 0 amide bonds. The number of nitrogen functional groups attached to an aromatic ring is 1. The van der Waals surface area contributed by atoms with Crippen LogP contribution >= 0.6 is 0 Å². The van der Waals surface area contributed by atoms with Crippen LogP contribution in [-0.2, 0) is 23.6 Å². The summed E-state index contributed by atoms with van der Waals surface area (Å²) < 4.78 is 13.3. The van der Waals surface area contributed by atoms with Crippen molar-refractivity contribution in [3.63, 3.8) is 0 Å². The number of hydrogen-bond donors (Lipinski definition) is 1. The monoisotopic (exact) mass is 477 g/mol. The number of carbonyl (C=O) groups is 2. The van der Waals surface area contributed by atoms with Gasteiger partial charge in [-0.1, -0.05) is 30.3 Å². The van der Waals surface area contributed by atoms with Crippen LogP contribution in [0.4, 0.5) is 5.82 Å². The first-order chi connectivity index (χ1) is 16.8. The first-order valence-corrected chi connectivity index (χ1v) is 10.1. The Bertz CT molecular complexity index is 1550. The lowest BCUT2D eigenvalue weighted by Gasteiger charge is -2.12. The maximum atomic E-state index is 13.1. The molecular weight excluding hydrogens is 458 g/mol. The Hall–Kier alpha value is -5.07. The van der Waals surface area contributed by atoms with Gasteiger partial charge >= 0.3 is 11.7 Å². The maximum Gasteiger partial charge on any atom is 0.357 e. The van der Waals surface area contributed by atoms with Crippen molar-refractivity contribution in [2.24, 2.45) is 14.1 Å². The molecule has 0 saturated heterocycles. The molecule has 3 heterocycles. The second-order valence-electron chi connectivity index (χ2n) is 7.29. The van der Waals surface area contributed by atoms with Gasteiger partial charge in [-0.15, -0.1) is 5.10 Å². The fraction of sp³-hybridized carbons (Fsp3) is 0.136. The first kappa shape index (κ1) is 23.1. The zero-order chi connectivity index (χ0) is 25.1. The molecule has 1 aromatic carbocycles. The molecule has 0 aliphatic rings. The Morgan fingerprint density at radius 3 is 2.51 bits per heavy atom. The van der Waals surface area contributed by atoms with Crippen LogP contribution in [0.25, 0.3) is 23.2 Å². The van der Waals surface area contributed by atoms with Gasteiger partial charge in [-0.2, -0.15) is 4.68 Å². The third-order valence-electron chi connectivity index (χ3n) is 5.08. The van der Waals surface area contributed by atoms with E-state index in [2.05, 4.69) is 15.5 Å². The average Bonchev–Trinajstić information content (AvgIpc) is 3.56. The van der Waals surface area contributed by atoms with Crippen LogP contribution in [0.5, 0.6) is 0 Å². The topological polar surface area (TPSA) is 170 Å². The summed E-state index contributed by atoms with van der Waals surface area (Å²) in [4.78, 5) is 50.2. The Morgan fingerprint density at radius 1 is 1.09 bits per heavy atom. The summed E-state index contributed by atoms with van der Waals surface area (Å²) in [7, 11) is 2.52. The summed E-state index contributed by atoms with van der Waals surface area (Å²) in [6.07, 6.45) is 2.75. The van der Waals surface area contributed by atoms with Gasteiger partial charge < -0.3 is 14.9 Å². The molecule has 0 aliphatic carbocycles. The fourth-order valence-corrected chi connectivity index (χ4v) is 3.23. The van der Waals surface area contributed by atoms with Gasteiger partial charge in [0.25, 0.3) is 5.56 Å². The molecule has 178 valence electrons. The molecule has 4 rings (SSSR count). The first-order valence-electron chi connectivity index (χ1n) is 10.1. The summed E-state index contributed by atoms with van der Waals surface area (Å²) in [6, 6.07) is 12.1. The third kappa shape index (κ3) is 4.42. The molecule has 0 atom stereocenters. The van der Waals surface area contributed by atoms with E-state index in [9.17, 15) is 19.2 Å². The largest absolute Gasteiger partial charge is 0.465 e. The SMILES string of the molecule is Cn1c(N)c(C(=O)COC(=O)/C(=C/c2ccco2)n2nnnc2-c2ccccc2)c(=O)n(C)c1=O. The number of rotatable bonds is 7. The molecule has 0 radical (unpaired) electrons. The van der Waals surface area contributed by atoms with Gasteiger partial charge in [0, 0.05) is 25.7 Å². The van der Waals surface area contributed by atoms with E-state index < -0.39 is 35.2 Å². The number of furan rings is 1. The number of hydrogen-bond acceptors (Lipinski definition) is 10.